The standard InChI is InChI=1S/C15H12FN3O2/c1-20-12-5-3-2-4-11(12)13-14(21-19-15(13)17)9-6-10(16)8-18-7-9/h2-8H,1H3,(H2,17,19). The maximum atomic E-state index is 13.4. The van der Waals surface area contributed by atoms with Crippen LogP contribution in [0, 0.1) is 5.82 Å². The lowest BCUT2D eigenvalue weighted by Crippen LogP contribution is -1.92. The summed E-state index contributed by atoms with van der Waals surface area (Å²) in [5.41, 5.74) is 7.63. The third-order valence-corrected chi connectivity index (χ3v) is 3.06. The number of rotatable bonds is 3. The van der Waals surface area contributed by atoms with Crippen molar-refractivity contribution < 1.29 is 13.7 Å². The number of benzene rings is 1. The first kappa shape index (κ1) is 13.1. The lowest BCUT2D eigenvalue weighted by Gasteiger charge is -2.08. The third kappa shape index (κ3) is 2.31. The maximum absolute atomic E-state index is 13.4. The molecule has 0 atom stereocenters. The van der Waals surface area contributed by atoms with E-state index in [1.807, 2.05) is 18.2 Å². The zero-order valence-corrected chi connectivity index (χ0v) is 11.2. The highest BCUT2D eigenvalue weighted by atomic mass is 19.1. The predicted octanol–water partition coefficient (Wildman–Crippen LogP) is 3.13. The second-order valence-electron chi connectivity index (χ2n) is 4.36. The van der Waals surface area contributed by atoms with Gasteiger partial charge in [-0.15, -0.1) is 0 Å². The highest BCUT2D eigenvalue weighted by molar-refractivity contribution is 5.88. The first-order valence-electron chi connectivity index (χ1n) is 6.20. The van der Waals surface area contributed by atoms with Gasteiger partial charge in [0.1, 0.15) is 11.6 Å². The minimum absolute atomic E-state index is 0.207. The van der Waals surface area contributed by atoms with Crippen LogP contribution in [0.2, 0.25) is 0 Å². The Kier molecular flexibility index (Phi) is 3.27. The van der Waals surface area contributed by atoms with E-state index < -0.39 is 5.82 Å². The number of halogens is 1. The quantitative estimate of drug-likeness (QED) is 0.800. The van der Waals surface area contributed by atoms with Crippen molar-refractivity contribution in [1.82, 2.24) is 10.1 Å². The van der Waals surface area contributed by atoms with Crippen molar-refractivity contribution in [2.45, 2.75) is 0 Å². The van der Waals surface area contributed by atoms with Crippen LogP contribution in [0.15, 0.2) is 47.2 Å². The van der Waals surface area contributed by atoms with Crippen LogP contribution in [0.3, 0.4) is 0 Å². The van der Waals surface area contributed by atoms with E-state index in [0.29, 0.717) is 22.6 Å². The Balaban J connectivity index is 2.22. The molecule has 0 aliphatic carbocycles. The van der Waals surface area contributed by atoms with Crippen LogP contribution in [0.25, 0.3) is 22.5 Å². The molecule has 2 aromatic heterocycles. The molecule has 0 aliphatic heterocycles. The molecule has 0 fully saturated rings. The summed E-state index contributed by atoms with van der Waals surface area (Å²) < 4.78 is 23.9. The molecular formula is C15H12FN3O2. The molecular weight excluding hydrogens is 273 g/mol. The molecule has 5 nitrogen and oxygen atoms in total. The van der Waals surface area contributed by atoms with Gasteiger partial charge in [-0.2, -0.15) is 0 Å². The summed E-state index contributed by atoms with van der Waals surface area (Å²) in [5, 5.41) is 3.77. The van der Waals surface area contributed by atoms with Crippen LogP contribution in [-0.2, 0) is 0 Å². The summed E-state index contributed by atoms with van der Waals surface area (Å²) in [6, 6.07) is 8.63. The SMILES string of the molecule is COc1ccccc1-c1c(N)noc1-c1cncc(F)c1. The van der Waals surface area contributed by atoms with E-state index in [-0.39, 0.29) is 5.82 Å². The molecule has 1 aromatic carbocycles. The van der Waals surface area contributed by atoms with Crippen molar-refractivity contribution in [3.63, 3.8) is 0 Å². The Morgan fingerprint density at radius 3 is 2.81 bits per heavy atom. The minimum atomic E-state index is -0.464. The van der Waals surface area contributed by atoms with Gasteiger partial charge in [0.15, 0.2) is 11.6 Å². The molecule has 0 saturated heterocycles. The molecule has 0 radical (unpaired) electrons. The lowest BCUT2D eigenvalue weighted by molar-refractivity contribution is 0.416. The first-order chi connectivity index (χ1) is 10.2. The fraction of sp³-hybridized carbons (Fsp3) is 0.0667. The van der Waals surface area contributed by atoms with E-state index in [1.165, 1.54) is 12.3 Å². The number of ether oxygens (including phenoxy) is 1. The number of hydrogen-bond donors (Lipinski definition) is 1. The Hall–Kier alpha value is -2.89. The molecule has 0 spiro atoms. The number of aromatic nitrogens is 2. The van der Waals surface area contributed by atoms with Gasteiger partial charge in [0.2, 0.25) is 0 Å². The van der Waals surface area contributed by atoms with E-state index in [0.717, 1.165) is 11.8 Å². The van der Waals surface area contributed by atoms with Crippen molar-refractivity contribution >= 4 is 5.82 Å². The van der Waals surface area contributed by atoms with Crippen molar-refractivity contribution in [2.24, 2.45) is 0 Å². The van der Waals surface area contributed by atoms with Crippen LogP contribution in [0.4, 0.5) is 10.2 Å². The van der Waals surface area contributed by atoms with Crippen molar-refractivity contribution in [3.05, 3.63) is 48.5 Å². The van der Waals surface area contributed by atoms with Gasteiger partial charge >= 0.3 is 0 Å². The monoisotopic (exact) mass is 285 g/mol. The molecule has 3 aromatic rings. The van der Waals surface area contributed by atoms with Gasteiger partial charge < -0.3 is 15.0 Å². The topological polar surface area (TPSA) is 74.2 Å². The molecule has 0 amide bonds. The summed E-state index contributed by atoms with van der Waals surface area (Å²) in [7, 11) is 1.56. The predicted molar refractivity (Wildman–Crippen MR) is 76.1 cm³/mol. The van der Waals surface area contributed by atoms with Crippen molar-refractivity contribution in [1.29, 1.82) is 0 Å². The lowest BCUT2D eigenvalue weighted by atomic mass is 10.0. The number of hydrogen-bond acceptors (Lipinski definition) is 5. The van der Waals surface area contributed by atoms with Gasteiger partial charge in [-0.05, 0) is 12.1 Å². The van der Waals surface area contributed by atoms with Crippen LogP contribution >= 0.6 is 0 Å². The van der Waals surface area contributed by atoms with E-state index in [1.54, 1.807) is 13.2 Å². The van der Waals surface area contributed by atoms with E-state index in [4.69, 9.17) is 15.0 Å². The molecule has 106 valence electrons. The smallest absolute Gasteiger partial charge is 0.178 e. The summed E-state index contributed by atoms with van der Waals surface area (Å²) >= 11 is 0. The summed E-state index contributed by atoms with van der Waals surface area (Å²) in [5.74, 6) is 0.717. The van der Waals surface area contributed by atoms with Gasteiger partial charge in [0.05, 0.1) is 18.9 Å². The van der Waals surface area contributed by atoms with Crippen LogP contribution < -0.4 is 10.5 Å². The molecule has 6 heteroatoms. The van der Waals surface area contributed by atoms with Gasteiger partial charge in [0, 0.05) is 17.3 Å². The highest BCUT2D eigenvalue weighted by Crippen LogP contribution is 2.40. The number of nitrogen functional groups attached to an aromatic ring is 1. The van der Waals surface area contributed by atoms with Crippen LogP contribution in [-0.4, -0.2) is 17.3 Å². The van der Waals surface area contributed by atoms with Crippen molar-refractivity contribution in [2.75, 3.05) is 12.8 Å². The Labute approximate surface area is 120 Å². The fourth-order valence-corrected chi connectivity index (χ4v) is 2.15. The average molecular weight is 285 g/mol. The summed E-state index contributed by atoms with van der Waals surface area (Å²) in [4.78, 5) is 3.81. The molecule has 2 N–H and O–H groups in total. The highest BCUT2D eigenvalue weighted by Gasteiger charge is 2.21. The number of nitrogens with two attached hydrogens (primary N) is 1. The number of methoxy groups -OCH3 is 1. The molecule has 21 heavy (non-hydrogen) atoms. The molecule has 3 rings (SSSR count). The first-order valence-corrected chi connectivity index (χ1v) is 6.20. The van der Waals surface area contributed by atoms with Crippen molar-refractivity contribution in [3.8, 4) is 28.2 Å². The number of para-hydroxylation sites is 1. The average Bonchev–Trinajstić information content (AvgIpc) is 2.89. The van der Waals surface area contributed by atoms with E-state index >= 15 is 0 Å². The van der Waals surface area contributed by atoms with Gasteiger partial charge in [-0.1, -0.05) is 23.4 Å². The third-order valence-electron chi connectivity index (χ3n) is 3.06. The summed E-state index contributed by atoms with van der Waals surface area (Å²) in [6.45, 7) is 0. The fourth-order valence-electron chi connectivity index (χ4n) is 2.15. The number of nitrogens with zero attached hydrogens (tertiary/aromatic N) is 2. The molecule has 0 saturated carbocycles. The molecule has 0 aliphatic rings. The molecule has 2 heterocycles. The summed E-state index contributed by atoms with van der Waals surface area (Å²) in [6.07, 6.45) is 2.61. The Morgan fingerprint density at radius 2 is 2.05 bits per heavy atom. The zero-order valence-electron chi connectivity index (χ0n) is 11.2. The number of pyridine rings is 1. The Morgan fingerprint density at radius 1 is 1.24 bits per heavy atom. The largest absolute Gasteiger partial charge is 0.496 e. The van der Waals surface area contributed by atoms with E-state index in [2.05, 4.69) is 10.1 Å². The molecule has 0 bridgehead atoms. The van der Waals surface area contributed by atoms with Gasteiger partial charge in [-0.25, -0.2) is 4.39 Å². The zero-order chi connectivity index (χ0) is 14.8. The number of anilines is 1. The normalized spacial score (nSPS) is 10.6. The van der Waals surface area contributed by atoms with E-state index in [9.17, 15) is 4.39 Å². The van der Waals surface area contributed by atoms with Crippen LogP contribution in [0.5, 0.6) is 5.75 Å². The second-order valence-corrected chi connectivity index (χ2v) is 4.36. The minimum Gasteiger partial charge on any atom is -0.496 e. The maximum Gasteiger partial charge on any atom is 0.178 e. The van der Waals surface area contributed by atoms with Gasteiger partial charge in [-0.3, -0.25) is 4.98 Å². The molecule has 0 unspecified atom stereocenters. The second kappa shape index (κ2) is 5.24. The Bertz CT molecular complexity index is 786. The van der Waals surface area contributed by atoms with Crippen LogP contribution in [0.1, 0.15) is 0 Å². The van der Waals surface area contributed by atoms with Gasteiger partial charge in [0.25, 0.3) is 0 Å².